The summed E-state index contributed by atoms with van der Waals surface area (Å²) in [7, 11) is 0. The summed E-state index contributed by atoms with van der Waals surface area (Å²) in [6.45, 7) is 0.648. The van der Waals surface area contributed by atoms with Gasteiger partial charge in [0, 0.05) is 16.5 Å². The summed E-state index contributed by atoms with van der Waals surface area (Å²) in [6.07, 6.45) is 2.66. The van der Waals surface area contributed by atoms with Gasteiger partial charge in [-0.25, -0.2) is 4.98 Å². The molecule has 0 aliphatic heterocycles. The Kier molecular flexibility index (Phi) is 4.23. The van der Waals surface area contributed by atoms with Crippen molar-refractivity contribution in [3.8, 4) is 0 Å². The van der Waals surface area contributed by atoms with Gasteiger partial charge in [-0.2, -0.15) is 0 Å². The molecule has 0 saturated heterocycles. The van der Waals surface area contributed by atoms with Gasteiger partial charge in [-0.05, 0) is 30.7 Å². The number of nitrogens with two attached hydrogens (primary N) is 1. The first-order chi connectivity index (χ1) is 7.79. The molecule has 0 spiro atoms. The van der Waals surface area contributed by atoms with E-state index in [9.17, 15) is 0 Å². The van der Waals surface area contributed by atoms with Gasteiger partial charge in [0.25, 0.3) is 0 Å². The number of nitrogens with zero attached hydrogens (tertiary/aromatic N) is 1. The lowest BCUT2D eigenvalue weighted by Crippen LogP contribution is -2.02. The van der Waals surface area contributed by atoms with Crippen LogP contribution in [0.25, 0.3) is 0 Å². The highest BCUT2D eigenvalue weighted by atomic mass is 35.5. The lowest BCUT2D eigenvalue weighted by atomic mass is 10.1. The Morgan fingerprint density at radius 2 is 2.31 bits per heavy atom. The molecular weight excluding hydrogens is 260 g/mol. The molecule has 0 bridgehead atoms. The number of aromatic nitrogens is 1. The van der Waals surface area contributed by atoms with Crippen LogP contribution < -0.4 is 5.73 Å². The third kappa shape index (κ3) is 2.98. The van der Waals surface area contributed by atoms with Gasteiger partial charge in [0.05, 0.1) is 5.02 Å². The summed E-state index contributed by atoms with van der Waals surface area (Å²) in [5.41, 5.74) is 6.68. The fourth-order valence-electron chi connectivity index (χ4n) is 1.30. The molecule has 2 nitrogen and oxygen atoms in total. The molecule has 2 aromatic rings. The van der Waals surface area contributed by atoms with Crippen molar-refractivity contribution in [2.75, 3.05) is 6.54 Å². The summed E-state index contributed by atoms with van der Waals surface area (Å²) in [4.78, 5) is 5.25. The van der Waals surface area contributed by atoms with Crippen molar-refractivity contribution in [2.45, 2.75) is 15.7 Å². The second-order valence-corrected chi connectivity index (χ2v) is 5.79. The van der Waals surface area contributed by atoms with Crippen LogP contribution in [-0.2, 0) is 6.42 Å². The molecule has 0 amide bonds. The number of halogens is 1. The minimum Gasteiger partial charge on any atom is -0.330 e. The molecule has 0 radical (unpaired) electrons. The minimum absolute atomic E-state index is 0.648. The second kappa shape index (κ2) is 5.68. The zero-order valence-electron chi connectivity index (χ0n) is 8.52. The van der Waals surface area contributed by atoms with E-state index >= 15 is 0 Å². The van der Waals surface area contributed by atoms with E-state index in [1.54, 1.807) is 29.3 Å². The Balaban J connectivity index is 2.16. The van der Waals surface area contributed by atoms with Crippen molar-refractivity contribution in [2.24, 2.45) is 5.73 Å². The molecule has 1 aromatic carbocycles. The molecule has 0 fully saturated rings. The summed E-state index contributed by atoms with van der Waals surface area (Å²) in [6, 6.07) is 6.07. The number of benzene rings is 1. The number of rotatable bonds is 4. The minimum atomic E-state index is 0.648. The molecule has 2 rings (SSSR count). The van der Waals surface area contributed by atoms with E-state index in [1.165, 1.54) is 5.56 Å². The predicted molar refractivity (Wildman–Crippen MR) is 70.4 cm³/mol. The Hall–Kier alpha value is -0.550. The first-order valence-electron chi connectivity index (χ1n) is 4.85. The Bertz CT molecular complexity index is 457. The van der Waals surface area contributed by atoms with E-state index in [-0.39, 0.29) is 0 Å². The fraction of sp³-hybridized carbons (Fsp3) is 0.182. The van der Waals surface area contributed by atoms with Crippen molar-refractivity contribution in [3.63, 3.8) is 0 Å². The molecule has 0 saturated carbocycles. The molecule has 0 aliphatic carbocycles. The van der Waals surface area contributed by atoms with Crippen molar-refractivity contribution in [1.82, 2.24) is 4.98 Å². The van der Waals surface area contributed by atoms with Crippen LogP contribution in [0.3, 0.4) is 0 Å². The van der Waals surface area contributed by atoms with Crippen molar-refractivity contribution in [1.29, 1.82) is 0 Å². The molecule has 84 valence electrons. The molecular formula is C11H11ClN2S2. The van der Waals surface area contributed by atoms with Crippen LogP contribution in [0.5, 0.6) is 0 Å². The Morgan fingerprint density at radius 1 is 1.44 bits per heavy atom. The van der Waals surface area contributed by atoms with Gasteiger partial charge in [0.2, 0.25) is 0 Å². The van der Waals surface area contributed by atoms with Crippen molar-refractivity contribution < 1.29 is 0 Å². The van der Waals surface area contributed by atoms with Crippen LogP contribution in [0.15, 0.2) is 39.0 Å². The van der Waals surface area contributed by atoms with Crippen molar-refractivity contribution in [3.05, 3.63) is 40.4 Å². The highest BCUT2D eigenvalue weighted by molar-refractivity contribution is 8.01. The number of hydrogen-bond acceptors (Lipinski definition) is 4. The lowest BCUT2D eigenvalue weighted by Gasteiger charge is -2.04. The van der Waals surface area contributed by atoms with Gasteiger partial charge >= 0.3 is 0 Å². The van der Waals surface area contributed by atoms with Crippen LogP contribution >= 0.6 is 34.7 Å². The zero-order chi connectivity index (χ0) is 11.4. The number of thiazole rings is 1. The number of hydrogen-bond donors (Lipinski definition) is 1. The van der Waals surface area contributed by atoms with E-state index in [4.69, 9.17) is 17.3 Å². The van der Waals surface area contributed by atoms with E-state index < -0.39 is 0 Å². The molecule has 1 aromatic heterocycles. The van der Waals surface area contributed by atoms with Crippen LogP contribution in [0, 0.1) is 0 Å². The normalized spacial score (nSPS) is 10.6. The van der Waals surface area contributed by atoms with Gasteiger partial charge < -0.3 is 5.73 Å². The smallest absolute Gasteiger partial charge is 0.154 e. The van der Waals surface area contributed by atoms with E-state index in [2.05, 4.69) is 11.1 Å². The van der Waals surface area contributed by atoms with Gasteiger partial charge in [-0.15, -0.1) is 11.3 Å². The van der Waals surface area contributed by atoms with Gasteiger partial charge in [0.15, 0.2) is 4.34 Å². The average molecular weight is 271 g/mol. The first-order valence-corrected chi connectivity index (χ1v) is 6.93. The second-order valence-electron chi connectivity index (χ2n) is 3.20. The monoisotopic (exact) mass is 270 g/mol. The molecule has 5 heteroatoms. The molecule has 16 heavy (non-hydrogen) atoms. The van der Waals surface area contributed by atoms with E-state index in [0.717, 1.165) is 20.7 Å². The van der Waals surface area contributed by atoms with Crippen LogP contribution in [0.4, 0.5) is 0 Å². The molecule has 0 aliphatic rings. The molecule has 2 N–H and O–H groups in total. The van der Waals surface area contributed by atoms with Gasteiger partial charge in [-0.3, -0.25) is 0 Å². The summed E-state index contributed by atoms with van der Waals surface area (Å²) in [5, 5.41) is 2.73. The highest BCUT2D eigenvalue weighted by Gasteiger charge is 2.05. The van der Waals surface area contributed by atoms with E-state index in [0.29, 0.717) is 6.54 Å². The molecule has 0 atom stereocenters. The maximum absolute atomic E-state index is 6.20. The highest BCUT2D eigenvalue weighted by Crippen LogP contribution is 2.34. The first kappa shape index (κ1) is 11.9. The van der Waals surface area contributed by atoms with Crippen molar-refractivity contribution >= 4 is 34.7 Å². The van der Waals surface area contributed by atoms with E-state index in [1.807, 2.05) is 17.5 Å². The Labute approximate surface area is 108 Å². The average Bonchev–Trinajstić information content (AvgIpc) is 2.75. The largest absolute Gasteiger partial charge is 0.330 e. The maximum atomic E-state index is 6.20. The SMILES string of the molecule is NCCc1ccc(Sc2nccs2)c(Cl)c1. The van der Waals surface area contributed by atoms with Crippen LogP contribution in [-0.4, -0.2) is 11.5 Å². The fourth-order valence-corrected chi connectivity index (χ4v) is 3.21. The quantitative estimate of drug-likeness (QED) is 0.925. The zero-order valence-corrected chi connectivity index (χ0v) is 10.9. The Morgan fingerprint density at radius 3 is 2.94 bits per heavy atom. The third-order valence-electron chi connectivity index (χ3n) is 2.04. The summed E-state index contributed by atoms with van der Waals surface area (Å²) < 4.78 is 1.01. The molecule has 1 heterocycles. The maximum Gasteiger partial charge on any atom is 0.154 e. The molecule has 0 unspecified atom stereocenters. The topological polar surface area (TPSA) is 38.9 Å². The summed E-state index contributed by atoms with van der Waals surface area (Å²) in [5.74, 6) is 0. The van der Waals surface area contributed by atoms with Gasteiger partial charge in [0.1, 0.15) is 0 Å². The van der Waals surface area contributed by atoms with Crippen LogP contribution in [0.1, 0.15) is 5.56 Å². The third-order valence-corrected chi connectivity index (χ3v) is 4.42. The summed E-state index contributed by atoms with van der Waals surface area (Å²) >= 11 is 9.40. The van der Waals surface area contributed by atoms with Gasteiger partial charge in [-0.1, -0.05) is 29.4 Å². The standard InChI is InChI=1S/C11H11ClN2S2/c12-9-7-8(3-4-13)1-2-10(9)16-11-14-5-6-15-11/h1-2,5-7H,3-4,13H2. The van der Waals surface area contributed by atoms with Crippen LogP contribution in [0.2, 0.25) is 5.02 Å². The predicted octanol–water partition coefficient (Wildman–Crippen LogP) is 3.45. The lowest BCUT2D eigenvalue weighted by molar-refractivity contribution is 0.966.